The van der Waals surface area contributed by atoms with Gasteiger partial charge in [-0.25, -0.2) is 0 Å². The van der Waals surface area contributed by atoms with E-state index in [2.05, 4.69) is 31.4 Å². The van der Waals surface area contributed by atoms with Crippen LogP contribution in [0.15, 0.2) is 38.4 Å². The van der Waals surface area contributed by atoms with E-state index in [1.807, 2.05) is 24.3 Å². The molecule has 0 aliphatic rings. The van der Waals surface area contributed by atoms with Crippen molar-refractivity contribution in [1.29, 1.82) is 0 Å². The standard InChI is InChI=1S/C12H12BrN3O2S/c1-8(17)14-6-7-19-12-16-15-11(18-12)9-4-2-3-5-10(9)13/h2-5H,6-7H2,1H3,(H,14,17). The maximum atomic E-state index is 10.7. The minimum Gasteiger partial charge on any atom is -0.411 e. The van der Waals surface area contributed by atoms with Crippen LogP contribution in [0, 0.1) is 0 Å². The van der Waals surface area contributed by atoms with E-state index in [0.717, 1.165) is 10.0 Å². The Hall–Kier alpha value is -1.34. The van der Waals surface area contributed by atoms with Gasteiger partial charge < -0.3 is 9.73 Å². The van der Waals surface area contributed by atoms with Crippen LogP contribution in [0.4, 0.5) is 0 Å². The first-order valence-electron chi connectivity index (χ1n) is 5.62. The number of benzene rings is 1. The minimum absolute atomic E-state index is 0.0416. The van der Waals surface area contributed by atoms with Crippen molar-refractivity contribution < 1.29 is 9.21 Å². The van der Waals surface area contributed by atoms with Gasteiger partial charge in [0, 0.05) is 23.7 Å². The number of thioether (sulfide) groups is 1. The maximum absolute atomic E-state index is 10.7. The second kappa shape index (κ2) is 6.72. The van der Waals surface area contributed by atoms with Gasteiger partial charge in [-0.1, -0.05) is 23.9 Å². The van der Waals surface area contributed by atoms with Crippen molar-refractivity contribution in [3.8, 4) is 11.5 Å². The summed E-state index contributed by atoms with van der Waals surface area (Å²) in [6.45, 7) is 2.06. The largest absolute Gasteiger partial charge is 0.411 e. The number of rotatable bonds is 5. The Kier molecular flexibility index (Phi) is 4.98. The first kappa shape index (κ1) is 14.1. The molecule has 0 atom stereocenters. The number of hydrogen-bond donors (Lipinski definition) is 1. The van der Waals surface area contributed by atoms with Crippen LogP contribution in [0.5, 0.6) is 0 Å². The molecule has 0 saturated carbocycles. The van der Waals surface area contributed by atoms with Crippen molar-refractivity contribution >= 4 is 33.6 Å². The molecule has 0 aliphatic carbocycles. The van der Waals surface area contributed by atoms with Gasteiger partial charge in [0.05, 0.1) is 5.56 Å². The van der Waals surface area contributed by atoms with Crippen molar-refractivity contribution in [2.24, 2.45) is 0 Å². The molecule has 0 fully saturated rings. The number of amides is 1. The van der Waals surface area contributed by atoms with Crippen LogP contribution >= 0.6 is 27.7 Å². The highest BCUT2D eigenvalue weighted by Gasteiger charge is 2.11. The van der Waals surface area contributed by atoms with Gasteiger partial charge in [-0.3, -0.25) is 4.79 Å². The number of halogens is 1. The zero-order chi connectivity index (χ0) is 13.7. The second-order valence-electron chi connectivity index (χ2n) is 3.68. The van der Waals surface area contributed by atoms with E-state index in [4.69, 9.17) is 4.42 Å². The summed E-state index contributed by atoms with van der Waals surface area (Å²) in [4.78, 5) is 10.7. The number of carbonyl (C=O) groups is 1. The van der Waals surface area contributed by atoms with Gasteiger partial charge in [0.25, 0.3) is 5.22 Å². The average molecular weight is 342 g/mol. The molecule has 2 aromatic rings. The molecule has 1 amide bonds. The van der Waals surface area contributed by atoms with Crippen LogP contribution in [0.3, 0.4) is 0 Å². The fourth-order valence-electron chi connectivity index (χ4n) is 1.38. The van der Waals surface area contributed by atoms with E-state index < -0.39 is 0 Å². The molecule has 7 heteroatoms. The SMILES string of the molecule is CC(=O)NCCSc1nnc(-c2ccccc2Br)o1. The molecule has 0 aliphatic heterocycles. The smallest absolute Gasteiger partial charge is 0.276 e. The lowest BCUT2D eigenvalue weighted by Crippen LogP contribution is -2.22. The van der Waals surface area contributed by atoms with Crippen LogP contribution in [0.25, 0.3) is 11.5 Å². The molecule has 19 heavy (non-hydrogen) atoms. The van der Waals surface area contributed by atoms with E-state index in [9.17, 15) is 4.79 Å². The van der Waals surface area contributed by atoms with Gasteiger partial charge >= 0.3 is 0 Å². The Morgan fingerprint density at radius 1 is 1.42 bits per heavy atom. The lowest BCUT2D eigenvalue weighted by atomic mass is 10.2. The van der Waals surface area contributed by atoms with Crippen LogP contribution < -0.4 is 5.32 Å². The summed E-state index contributed by atoms with van der Waals surface area (Å²) in [7, 11) is 0. The molecule has 0 spiro atoms. The highest BCUT2D eigenvalue weighted by Crippen LogP contribution is 2.28. The lowest BCUT2D eigenvalue weighted by Gasteiger charge is -1.99. The summed E-state index contributed by atoms with van der Waals surface area (Å²) in [5.41, 5.74) is 0.865. The normalized spacial score (nSPS) is 10.4. The first-order valence-corrected chi connectivity index (χ1v) is 7.40. The monoisotopic (exact) mass is 341 g/mol. The molecule has 100 valence electrons. The summed E-state index contributed by atoms with van der Waals surface area (Å²) >= 11 is 4.85. The van der Waals surface area contributed by atoms with E-state index in [1.165, 1.54) is 18.7 Å². The molecule has 2 rings (SSSR count). The Morgan fingerprint density at radius 2 is 2.21 bits per heavy atom. The molecule has 1 aromatic carbocycles. The minimum atomic E-state index is -0.0416. The predicted molar refractivity (Wildman–Crippen MR) is 76.8 cm³/mol. The molecule has 5 nitrogen and oxygen atoms in total. The maximum Gasteiger partial charge on any atom is 0.276 e. The summed E-state index contributed by atoms with van der Waals surface area (Å²) in [6, 6.07) is 7.66. The third kappa shape index (κ3) is 4.07. The van der Waals surface area contributed by atoms with Crippen molar-refractivity contribution in [3.05, 3.63) is 28.7 Å². The molecular formula is C12H12BrN3O2S. The van der Waals surface area contributed by atoms with Gasteiger partial charge in [0.15, 0.2) is 0 Å². The number of nitrogens with one attached hydrogen (secondary N) is 1. The van der Waals surface area contributed by atoms with Crippen molar-refractivity contribution in [2.75, 3.05) is 12.3 Å². The van der Waals surface area contributed by atoms with Crippen molar-refractivity contribution in [1.82, 2.24) is 15.5 Å². The van der Waals surface area contributed by atoms with Gasteiger partial charge in [-0.2, -0.15) is 0 Å². The molecule has 0 bridgehead atoms. The summed E-state index contributed by atoms with van der Waals surface area (Å²) in [6.07, 6.45) is 0. The van der Waals surface area contributed by atoms with Gasteiger partial charge in [-0.15, -0.1) is 10.2 Å². The van der Waals surface area contributed by atoms with Gasteiger partial charge in [0.2, 0.25) is 11.8 Å². The highest BCUT2D eigenvalue weighted by atomic mass is 79.9. The molecular weight excluding hydrogens is 330 g/mol. The molecule has 1 aromatic heterocycles. The Labute approximate surface area is 123 Å². The van der Waals surface area contributed by atoms with Crippen molar-refractivity contribution in [3.63, 3.8) is 0 Å². The quantitative estimate of drug-likeness (QED) is 0.668. The number of hydrogen-bond acceptors (Lipinski definition) is 5. The van der Waals surface area contributed by atoms with Crippen LogP contribution in [0.2, 0.25) is 0 Å². The zero-order valence-corrected chi connectivity index (χ0v) is 12.6. The lowest BCUT2D eigenvalue weighted by molar-refractivity contribution is -0.118. The van der Waals surface area contributed by atoms with E-state index in [1.54, 1.807) is 0 Å². The Morgan fingerprint density at radius 3 is 2.95 bits per heavy atom. The highest BCUT2D eigenvalue weighted by molar-refractivity contribution is 9.10. The van der Waals surface area contributed by atoms with E-state index in [-0.39, 0.29) is 5.91 Å². The van der Waals surface area contributed by atoms with Gasteiger partial charge in [0.1, 0.15) is 0 Å². The molecule has 0 unspecified atom stereocenters. The Bertz CT molecular complexity index is 574. The number of carbonyl (C=O) groups excluding carboxylic acids is 1. The summed E-state index contributed by atoms with van der Waals surface area (Å²) < 4.78 is 6.47. The number of aromatic nitrogens is 2. The van der Waals surface area contributed by atoms with E-state index >= 15 is 0 Å². The fourth-order valence-corrected chi connectivity index (χ4v) is 2.45. The van der Waals surface area contributed by atoms with E-state index in [0.29, 0.717) is 23.4 Å². The molecule has 0 radical (unpaired) electrons. The third-order valence-electron chi connectivity index (χ3n) is 2.21. The first-order chi connectivity index (χ1) is 9.16. The predicted octanol–water partition coefficient (Wildman–Crippen LogP) is 2.73. The average Bonchev–Trinajstić information content (AvgIpc) is 2.83. The second-order valence-corrected chi connectivity index (χ2v) is 5.58. The zero-order valence-electron chi connectivity index (χ0n) is 10.2. The molecule has 1 heterocycles. The van der Waals surface area contributed by atoms with Gasteiger partial charge in [-0.05, 0) is 28.1 Å². The fraction of sp³-hybridized carbons (Fsp3) is 0.250. The van der Waals surface area contributed by atoms with Crippen LogP contribution in [-0.2, 0) is 4.79 Å². The van der Waals surface area contributed by atoms with Crippen molar-refractivity contribution in [2.45, 2.75) is 12.1 Å². The summed E-state index contributed by atoms with van der Waals surface area (Å²) in [5, 5.41) is 11.2. The third-order valence-corrected chi connectivity index (χ3v) is 3.72. The molecule has 0 saturated heterocycles. The topological polar surface area (TPSA) is 68.0 Å². The number of nitrogens with zero attached hydrogens (tertiary/aromatic N) is 2. The molecule has 1 N–H and O–H groups in total. The summed E-state index contributed by atoms with van der Waals surface area (Å²) in [5.74, 6) is 1.13. The van der Waals surface area contributed by atoms with Crippen LogP contribution in [-0.4, -0.2) is 28.4 Å². The Balaban J connectivity index is 1.96. The van der Waals surface area contributed by atoms with Crippen LogP contribution in [0.1, 0.15) is 6.92 Å².